The van der Waals surface area contributed by atoms with Gasteiger partial charge >= 0.3 is 0 Å². The minimum Gasteiger partial charge on any atom is -0.372 e. The van der Waals surface area contributed by atoms with Gasteiger partial charge in [-0.1, -0.05) is 0 Å². The molecular weight excluding hydrogens is 357 g/mol. The van der Waals surface area contributed by atoms with Crippen LogP contribution in [0.1, 0.15) is 24.3 Å². The van der Waals surface area contributed by atoms with Crippen LogP contribution in [0.4, 0.5) is 27.3 Å². The summed E-state index contributed by atoms with van der Waals surface area (Å²) in [6.07, 6.45) is 0. The Morgan fingerprint density at radius 1 is 0.893 bits per heavy atom. The van der Waals surface area contributed by atoms with Gasteiger partial charge in [-0.05, 0) is 74.5 Å². The molecule has 144 valence electrons. The van der Waals surface area contributed by atoms with E-state index in [1.807, 2.05) is 24.3 Å². The number of carbonyl (C=O) groups is 1. The van der Waals surface area contributed by atoms with E-state index in [0.29, 0.717) is 17.2 Å². The van der Waals surface area contributed by atoms with Gasteiger partial charge in [0, 0.05) is 30.2 Å². The number of halogens is 1. The second-order valence-electron chi connectivity index (χ2n) is 6.11. The molecule has 1 aromatic heterocycles. The molecule has 0 atom stereocenters. The third-order valence-electron chi connectivity index (χ3n) is 4.27. The number of nitrogens with zero attached hydrogens (tertiary/aromatic N) is 3. The molecule has 1 heterocycles. The molecule has 2 N–H and O–H groups in total. The summed E-state index contributed by atoms with van der Waals surface area (Å²) in [5, 5.41) is 13.8. The molecule has 28 heavy (non-hydrogen) atoms. The highest BCUT2D eigenvalue weighted by Gasteiger charge is 2.10. The molecule has 7 heteroatoms. The van der Waals surface area contributed by atoms with Crippen LogP contribution in [0.2, 0.25) is 0 Å². The Morgan fingerprint density at radius 3 is 2.11 bits per heavy atom. The van der Waals surface area contributed by atoms with Gasteiger partial charge < -0.3 is 15.5 Å². The summed E-state index contributed by atoms with van der Waals surface area (Å²) in [5.74, 6) is -0.183. The average Bonchev–Trinajstić information content (AvgIpc) is 2.72. The molecular formula is C21H22FN5O. The number of benzene rings is 2. The van der Waals surface area contributed by atoms with E-state index < -0.39 is 0 Å². The van der Waals surface area contributed by atoms with Crippen molar-refractivity contribution in [3.05, 3.63) is 72.2 Å². The highest BCUT2D eigenvalue weighted by molar-refractivity contribution is 6.02. The smallest absolute Gasteiger partial charge is 0.276 e. The van der Waals surface area contributed by atoms with E-state index in [1.54, 1.807) is 24.3 Å². The van der Waals surface area contributed by atoms with Crippen molar-refractivity contribution >= 4 is 28.8 Å². The van der Waals surface area contributed by atoms with E-state index in [9.17, 15) is 9.18 Å². The van der Waals surface area contributed by atoms with Crippen LogP contribution in [0, 0.1) is 5.82 Å². The zero-order valence-corrected chi connectivity index (χ0v) is 15.8. The molecule has 0 spiro atoms. The average molecular weight is 379 g/mol. The van der Waals surface area contributed by atoms with Crippen LogP contribution in [0.3, 0.4) is 0 Å². The van der Waals surface area contributed by atoms with Crippen LogP contribution in [-0.2, 0) is 0 Å². The van der Waals surface area contributed by atoms with E-state index in [-0.39, 0.29) is 17.4 Å². The number of hydrogen-bond acceptors (Lipinski definition) is 5. The Morgan fingerprint density at radius 2 is 1.54 bits per heavy atom. The van der Waals surface area contributed by atoms with Gasteiger partial charge in [-0.3, -0.25) is 4.79 Å². The van der Waals surface area contributed by atoms with Crippen LogP contribution in [0.5, 0.6) is 0 Å². The van der Waals surface area contributed by atoms with Crippen molar-refractivity contribution in [3.63, 3.8) is 0 Å². The van der Waals surface area contributed by atoms with Crippen molar-refractivity contribution in [1.82, 2.24) is 10.2 Å². The summed E-state index contributed by atoms with van der Waals surface area (Å²) >= 11 is 0. The maximum atomic E-state index is 12.9. The highest BCUT2D eigenvalue weighted by atomic mass is 19.1. The van der Waals surface area contributed by atoms with Gasteiger partial charge in [0.15, 0.2) is 11.5 Å². The second kappa shape index (κ2) is 8.94. The minimum absolute atomic E-state index is 0.206. The topological polar surface area (TPSA) is 70.2 Å². The maximum Gasteiger partial charge on any atom is 0.276 e. The minimum atomic E-state index is -0.337. The van der Waals surface area contributed by atoms with Crippen molar-refractivity contribution in [1.29, 1.82) is 0 Å². The molecule has 0 aliphatic carbocycles. The predicted octanol–water partition coefficient (Wildman–Crippen LogP) is 4.46. The van der Waals surface area contributed by atoms with Gasteiger partial charge in [-0.25, -0.2) is 4.39 Å². The molecule has 0 unspecified atom stereocenters. The Labute approximate surface area is 163 Å². The molecule has 3 aromatic rings. The molecule has 0 bridgehead atoms. The lowest BCUT2D eigenvalue weighted by molar-refractivity contribution is 0.102. The standard InChI is InChI=1S/C21H22FN5O/c1-3-27(4-2)18-11-9-17(10-12-18)24-21(28)19-13-14-20(26-25-19)23-16-7-5-15(22)6-8-16/h5-14H,3-4H2,1-2H3,(H,23,26)(H,24,28). The number of anilines is 4. The highest BCUT2D eigenvalue weighted by Crippen LogP contribution is 2.18. The maximum absolute atomic E-state index is 12.9. The molecule has 3 rings (SSSR count). The van der Waals surface area contributed by atoms with Gasteiger partial charge in [0.05, 0.1) is 0 Å². The Bertz CT molecular complexity index is 907. The van der Waals surface area contributed by atoms with Crippen LogP contribution >= 0.6 is 0 Å². The van der Waals surface area contributed by atoms with Crippen molar-refractivity contribution < 1.29 is 9.18 Å². The summed E-state index contributed by atoms with van der Waals surface area (Å²) < 4.78 is 12.9. The van der Waals surface area contributed by atoms with E-state index in [2.05, 4.69) is 39.6 Å². The van der Waals surface area contributed by atoms with Crippen LogP contribution < -0.4 is 15.5 Å². The lowest BCUT2D eigenvalue weighted by Crippen LogP contribution is -2.21. The van der Waals surface area contributed by atoms with E-state index >= 15 is 0 Å². The van der Waals surface area contributed by atoms with Crippen molar-refractivity contribution in [3.8, 4) is 0 Å². The molecule has 2 aromatic carbocycles. The number of amides is 1. The fourth-order valence-corrected chi connectivity index (χ4v) is 2.74. The number of aromatic nitrogens is 2. The quantitative estimate of drug-likeness (QED) is 0.634. The SMILES string of the molecule is CCN(CC)c1ccc(NC(=O)c2ccc(Nc3ccc(F)cc3)nn2)cc1. The van der Waals surface area contributed by atoms with Crippen LogP contribution in [0.15, 0.2) is 60.7 Å². The third kappa shape index (κ3) is 4.82. The van der Waals surface area contributed by atoms with Crippen molar-refractivity contribution in [2.24, 2.45) is 0 Å². The number of carbonyl (C=O) groups excluding carboxylic acids is 1. The Hall–Kier alpha value is -3.48. The summed E-state index contributed by atoms with van der Waals surface area (Å²) in [6.45, 7) is 6.06. The van der Waals surface area contributed by atoms with Gasteiger partial charge in [-0.15, -0.1) is 10.2 Å². The molecule has 1 amide bonds. The first-order valence-corrected chi connectivity index (χ1v) is 9.11. The second-order valence-corrected chi connectivity index (χ2v) is 6.11. The van der Waals surface area contributed by atoms with Gasteiger partial charge in [-0.2, -0.15) is 0 Å². The Balaban J connectivity index is 1.62. The molecule has 0 aliphatic heterocycles. The third-order valence-corrected chi connectivity index (χ3v) is 4.27. The van der Waals surface area contributed by atoms with Gasteiger partial charge in [0.1, 0.15) is 5.82 Å². The lowest BCUT2D eigenvalue weighted by atomic mass is 10.2. The zero-order valence-electron chi connectivity index (χ0n) is 15.8. The first-order valence-electron chi connectivity index (χ1n) is 9.11. The molecule has 6 nitrogen and oxygen atoms in total. The first kappa shape index (κ1) is 19.3. The summed E-state index contributed by atoms with van der Waals surface area (Å²) in [6, 6.07) is 16.8. The summed E-state index contributed by atoms with van der Waals surface area (Å²) in [5.41, 5.74) is 2.69. The van der Waals surface area contributed by atoms with Crippen molar-refractivity contribution in [2.45, 2.75) is 13.8 Å². The zero-order chi connectivity index (χ0) is 19.9. The lowest BCUT2D eigenvalue weighted by Gasteiger charge is -2.21. The molecule has 0 saturated carbocycles. The normalized spacial score (nSPS) is 10.4. The monoisotopic (exact) mass is 379 g/mol. The summed E-state index contributed by atoms with van der Waals surface area (Å²) in [7, 11) is 0. The number of rotatable bonds is 7. The summed E-state index contributed by atoms with van der Waals surface area (Å²) in [4.78, 5) is 14.6. The molecule has 0 saturated heterocycles. The number of nitrogens with one attached hydrogen (secondary N) is 2. The molecule has 0 aliphatic rings. The predicted molar refractivity (Wildman–Crippen MR) is 110 cm³/mol. The molecule has 0 fully saturated rings. The van der Waals surface area contributed by atoms with E-state index in [0.717, 1.165) is 18.8 Å². The Kier molecular flexibility index (Phi) is 6.16. The van der Waals surface area contributed by atoms with E-state index in [1.165, 1.54) is 12.1 Å². The van der Waals surface area contributed by atoms with Crippen molar-refractivity contribution in [2.75, 3.05) is 28.6 Å². The fourth-order valence-electron chi connectivity index (χ4n) is 2.74. The molecule has 0 radical (unpaired) electrons. The van der Waals surface area contributed by atoms with Gasteiger partial charge in [0.25, 0.3) is 5.91 Å². The largest absolute Gasteiger partial charge is 0.372 e. The first-order chi connectivity index (χ1) is 13.6. The fraction of sp³-hybridized carbons (Fsp3) is 0.190. The van der Waals surface area contributed by atoms with Crippen LogP contribution in [-0.4, -0.2) is 29.2 Å². The van der Waals surface area contributed by atoms with Crippen LogP contribution in [0.25, 0.3) is 0 Å². The number of hydrogen-bond donors (Lipinski definition) is 2. The van der Waals surface area contributed by atoms with E-state index in [4.69, 9.17) is 0 Å². The van der Waals surface area contributed by atoms with Gasteiger partial charge in [0.2, 0.25) is 0 Å².